The van der Waals surface area contributed by atoms with E-state index >= 15 is 0 Å². The van der Waals surface area contributed by atoms with E-state index in [1.165, 1.54) is 0 Å². The van der Waals surface area contributed by atoms with Crippen molar-refractivity contribution in [2.24, 2.45) is 0 Å². The highest BCUT2D eigenvalue weighted by Crippen LogP contribution is 2.12. The van der Waals surface area contributed by atoms with E-state index in [-0.39, 0.29) is 5.91 Å². The highest BCUT2D eigenvalue weighted by atomic mass is 35.5. The van der Waals surface area contributed by atoms with Gasteiger partial charge in [-0.05, 0) is 24.6 Å². The molecule has 0 aliphatic carbocycles. The second-order valence-corrected chi connectivity index (χ2v) is 5.27. The second kappa shape index (κ2) is 6.03. The van der Waals surface area contributed by atoms with E-state index in [4.69, 9.17) is 16.1 Å². The molecule has 0 atom stereocenters. The molecule has 2 heterocycles. The molecule has 6 nitrogen and oxygen atoms in total. The minimum absolute atomic E-state index is 0.234. The molecule has 2 aromatic heterocycles. The lowest BCUT2D eigenvalue weighted by molar-refractivity contribution is 0.102. The number of carbonyl (C=O) groups is 1. The lowest BCUT2D eigenvalue weighted by Crippen LogP contribution is -2.12. The standard InChI is InChI=1S/C15H13ClN4O2/c1-10-6-14(19-22-10)18-15(21)12-4-2-11(3-5-12)8-20-9-13(16)7-17-20/h2-7,9H,8H2,1H3,(H,18,19,21). The fraction of sp³-hybridized carbons (Fsp3) is 0.133. The molecule has 0 saturated carbocycles. The third-order valence-electron chi connectivity index (χ3n) is 3.03. The van der Waals surface area contributed by atoms with Gasteiger partial charge in [-0.2, -0.15) is 5.10 Å². The van der Waals surface area contributed by atoms with Crippen molar-refractivity contribution in [3.63, 3.8) is 0 Å². The number of aryl methyl sites for hydroxylation is 1. The number of carbonyl (C=O) groups excluding carboxylic acids is 1. The molecule has 112 valence electrons. The normalized spacial score (nSPS) is 10.6. The summed E-state index contributed by atoms with van der Waals surface area (Å²) in [6.07, 6.45) is 3.33. The Bertz CT molecular complexity index is 792. The first kappa shape index (κ1) is 14.3. The van der Waals surface area contributed by atoms with Crippen molar-refractivity contribution in [1.82, 2.24) is 14.9 Å². The lowest BCUT2D eigenvalue weighted by Gasteiger charge is -2.04. The number of rotatable bonds is 4. The molecule has 0 fully saturated rings. The van der Waals surface area contributed by atoms with Gasteiger partial charge in [0.05, 0.1) is 17.8 Å². The summed E-state index contributed by atoms with van der Waals surface area (Å²) in [5, 5.41) is 11.1. The number of hydrogen-bond donors (Lipinski definition) is 1. The maximum atomic E-state index is 12.1. The van der Waals surface area contributed by atoms with Crippen LogP contribution in [0.2, 0.25) is 5.02 Å². The van der Waals surface area contributed by atoms with Gasteiger partial charge in [-0.3, -0.25) is 9.48 Å². The predicted molar refractivity (Wildman–Crippen MR) is 82.0 cm³/mol. The Balaban J connectivity index is 1.66. The zero-order valence-electron chi connectivity index (χ0n) is 11.8. The molecule has 0 saturated heterocycles. The Kier molecular flexibility index (Phi) is 3.93. The second-order valence-electron chi connectivity index (χ2n) is 4.83. The molecule has 0 aliphatic rings. The molecule has 3 rings (SSSR count). The lowest BCUT2D eigenvalue weighted by atomic mass is 10.1. The highest BCUT2D eigenvalue weighted by Gasteiger charge is 2.09. The number of nitrogens with zero attached hydrogens (tertiary/aromatic N) is 3. The fourth-order valence-corrected chi connectivity index (χ4v) is 2.14. The molecule has 0 aliphatic heterocycles. The van der Waals surface area contributed by atoms with Crippen LogP contribution in [0.15, 0.2) is 47.2 Å². The zero-order valence-corrected chi connectivity index (χ0v) is 12.5. The van der Waals surface area contributed by atoms with Gasteiger partial charge in [0.2, 0.25) is 0 Å². The molecule has 1 aromatic carbocycles. The van der Waals surface area contributed by atoms with Crippen molar-refractivity contribution in [3.05, 3.63) is 64.6 Å². The van der Waals surface area contributed by atoms with Crippen molar-refractivity contribution >= 4 is 23.3 Å². The molecule has 0 unspecified atom stereocenters. The average Bonchev–Trinajstić information content (AvgIpc) is 3.08. The van der Waals surface area contributed by atoms with Crippen molar-refractivity contribution < 1.29 is 9.32 Å². The van der Waals surface area contributed by atoms with E-state index < -0.39 is 0 Å². The first-order valence-corrected chi connectivity index (χ1v) is 6.99. The molecule has 0 bridgehead atoms. The van der Waals surface area contributed by atoms with Gasteiger partial charge in [0.15, 0.2) is 5.82 Å². The van der Waals surface area contributed by atoms with Gasteiger partial charge in [-0.15, -0.1) is 0 Å². The van der Waals surface area contributed by atoms with Gasteiger partial charge in [-0.25, -0.2) is 0 Å². The van der Waals surface area contributed by atoms with E-state index in [2.05, 4.69) is 15.6 Å². The van der Waals surface area contributed by atoms with Crippen molar-refractivity contribution in [1.29, 1.82) is 0 Å². The van der Waals surface area contributed by atoms with Crippen LogP contribution in [0, 0.1) is 6.92 Å². The van der Waals surface area contributed by atoms with Crippen molar-refractivity contribution in [2.45, 2.75) is 13.5 Å². The largest absolute Gasteiger partial charge is 0.360 e. The Morgan fingerprint density at radius 2 is 2.14 bits per heavy atom. The first-order chi connectivity index (χ1) is 10.6. The van der Waals surface area contributed by atoms with E-state index in [1.807, 2.05) is 12.1 Å². The van der Waals surface area contributed by atoms with E-state index in [0.717, 1.165) is 5.56 Å². The highest BCUT2D eigenvalue weighted by molar-refractivity contribution is 6.30. The van der Waals surface area contributed by atoms with Gasteiger partial charge in [0.25, 0.3) is 5.91 Å². The van der Waals surface area contributed by atoms with Gasteiger partial charge in [0.1, 0.15) is 5.76 Å². The van der Waals surface area contributed by atoms with Crippen LogP contribution in [0.3, 0.4) is 0 Å². The monoisotopic (exact) mass is 316 g/mol. The molecule has 0 radical (unpaired) electrons. The fourth-order valence-electron chi connectivity index (χ4n) is 1.99. The van der Waals surface area contributed by atoms with Crippen molar-refractivity contribution in [2.75, 3.05) is 5.32 Å². The third-order valence-corrected chi connectivity index (χ3v) is 3.23. The molecule has 0 spiro atoms. The number of benzene rings is 1. The first-order valence-electron chi connectivity index (χ1n) is 6.62. The van der Waals surface area contributed by atoms with Gasteiger partial charge < -0.3 is 9.84 Å². The summed E-state index contributed by atoms with van der Waals surface area (Å²) in [7, 11) is 0. The van der Waals surface area contributed by atoms with Crippen LogP contribution in [-0.4, -0.2) is 20.8 Å². The molecule has 22 heavy (non-hydrogen) atoms. The van der Waals surface area contributed by atoms with Crippen LogP contribution in [0.1, 0.15) is 21.7 Å². The molecular formula is C15H13ClN4O2. The van der Waals surface area contributed by atoms with Crippen LogP contribution in [-0.2, 0) is 6.54 Å². The Hall–Kier alpha value is -2.60. The number of nitrogens with one attached hydrogen (secondary N) is 1. The summed E-state index contributed by atoms with van der Waals surface area (Å²) in [5.74, 6) is 0.809. The number of halogens is 1. The summed E-state index contributed by atoms with van der Waals surface area (Å²) < 4.78 is 6.64. The van der Waals surface area contributed by atoms with Crippen LogP contribution in [0.5, 0.6) is 0 Å². The predicted octanol–water partition coefficient (Wildman–Crippen LogP) is 3.13. The molecule has 1 amide bonds. The van der Waals surface area contributed by atoms with E-state index in [9.17, 15) is 4.79 Å². The summed E-state index contributed by atoms with van der Waals surface area (Å²) in [6, 6.07) is 8.91. The number of amides is 1. The van der Waals surface area contributed by atoms with Crippen molar-refractivity contribution in [3.8, 4) is 0 Å². The van der Waals surface area contributed by atoms with Gasteiger partial charge in [0, 0.05) is 17.8 Å². The Morgan fingerprint density at radius 1 is 1.36 bits per heavy atom. The van der Waals surface area contributed by atoms with Crippen LogP contribution in [0.25, 0.3) is 0 Å². The summed E-state index contributed by atoms with van der Waals surface area (Å²) in [4.78, 5) is 12.1. The van der Waals surface area contributed by atoms with E-state index in [1.54, 1.807) is 42.2 Å². The van der Waals surface area contributed by atoms with Gasteiger partial charge in [-0.1, -0.05) is 28.9 Å². The maximum absolute atomic E-state index is 12.1. The summed E-state index contributed by atoms with van der Waals surface area (Å²) >= 11 is 5.82. The van der Waals surface area contributed by atoms with Crippen LogP contribution in [0.4, 0.5) is 5.82 Å². The van der Waals surface area contributed by atoms with E-state index in [0.29, 0.717) is 28.7 Å². The van der Waals surface area contributed by atoms with Crippen LogP contribution >= 0.6 is 11.6 Å². The summed E-state index contributed by atoms with van der Waals surface area (Å²) in [5.41, 5.74) is 1.57. The van der Waals surface area contributed by atoms with Crippen LogP contribution < -0.4 is 5.32 Å². The Morgan fingerprint density at radius 3 is 2.73 bits per heavy atom. The third kappa shape index (κ3) is 3.35. The van der Waals surface area contributed by atoms with Gasteiger partial charge >= 0.3 is 0 Å². The Labute approximate surface area is 131 Å². The quantitative estimate of drug-likeness (QED) is 0.802. The molecular weight excluding hydrogens is 304 g/mol. The number of aromatic nitrogens is 3. The maximum Gasteiger partial charge on any atom is 0.256 e. The summed E-state index contributed by atoms with van der Waals surface area (Å²) in [6.45, 7) is 2.36. The number of hydrogen-bond acceptors (Lipinski definition) is 4. The minimum atomic E-state index is -0.234. The molecule has 3 aromatic rings. The number of anilines is 1. The SMILES string of the molecule is Cc1cc(NC(=O)c2ccc(Cn3cc(Cl)cn3)cc2)no1. The topological polar surface area (TPSA) is 73.0 Å². The molecule has 1 N–H and O–H groups in total. The molecule has 7 heteroatoms. The average molecular weight is 317 g/mol. The smallest absolute Gasteiger partial charge is 0.256 e. The zero-order chi connectivity index (χ0) is 15.5. The minimum Gasteiger partial charge on any atom is -0.360 e.